The fourth-order valence-corrected chi connectivity index (χ4v) is 3.85. The molecule has 1 fully saturated rings. The van der Waals surface area contributed by atoms with Crippen molar-refractivity contribution in [1.82, 2.24) is 5.32 Å². The first-order chi connectivity index (χ1) is 14.5. The maximum Gasteiger partial charge on any atom is 0.397 e. The van der Waals surface area contributed by atoms with Crippen LogP contribution in [0.3, 0.4) is 0 Å². The van der Waals surface area contributed by atoms with Gasteiger partial charge in [-0.1, -0.05) is 0 Å². The Balaban J connectivity index is 1.93. The van der Waals surface area contributed by atoms with Gasteiger partial charge >= 0.3 is 16.0 Å². The van der Waals surface area contributed by atoms with E-state index in [1.54, 1.807) is 13.0 Å². The zero-order chi connectivity index (χ0) is 22.9. The molecule has 0 bridgehead atoms. The molecule has 1 aromatic heterocycles. The lowest BCUT2D eigenvalue weighted by Gasteiger charge is -2.43. The van der Waals surface area contributed by atoms with Gasteiger partial charge in [-0.25, -0.2) is 8.98 Å². The first-order valence-electron chi connectivity index (χ1n) is 9.07. The summed E-state index contributed by atoms with van der Waals surface area (Å²) in [7, 11) is -5.01. The van der Waals surface area contributed by atoms with E-state index in [0.29, 0.717) is 10.9 Å². The van der Waals surface area contributed by atoms with Gasteiger partial charge < -0.3 is 29.4 Å². The van der Waals surface area contributed by atoms with Crippen LogP contribution in [-0.2, 0) is 24.1 Å². The van der Waals surface area contributed by atoms with Gasteiger partial charge in [-0.2, -0.15) is 8.42 Å². The summed E-state index contributed by atoms with van der Waals surface area (Å²) < 4.78 is 52.0. The van der Waals surface area contributed by atoms with E-state index < -0.39 is 59.2 Å². The number of aliphatic hydroxyl groups excluding tert-OH is 2. The summed E-state index contributed by atoms with van der Waals surface area (Å²) in [6, 6.07) is 4.55. The van der Waals surface area contributed by atoms with Crippen LogP contribution in [0.4, 0.5) is 0 Å². The Hall–Kier alpha value is -2.55. The summed E-state index contributed by atoms with van der Waals surface area (Å²) in [5, 5.41) is 23.2. The van der Waals surface area contributed by atoms with E-state index in [9.17, 15) is 28.2 Å². The number of fused-ring (bicyclic) bond motifs is 1. The predicted octanol–water partition coefficient (Wildman–Crippen LogP) is -0.749. The number of aryl methyl sites for hydroxylation is 1. The van der Waals surface area contributed by atoms with Crippen LogP contribution in [0.1, 0.15) is 12.5 Å². The molecule has 2 aromatic rings. The Morgan fingerprint density at radius 3 is 2.61 bits per heavy atom. The number of hydrogen-bond acceptors (Lipinski definition) is 10. The molecule has 0 aliphatic carbocycles. The third-order valence-electron chi connectivity index (χ3n) is 4.63. The minimum atomic E-state index is -5.01. The molecule has 1 aromatic carbocycles. The SMILES string of the molecule is CC(=O)NC1C(O)[C@@H](OS(=O)(=O)O)C(CO)O[C@H]1Oc1ccc2c(C)cc(=O)oc2c1. The second-order valence-electron chi connectivity index (χ2n) is 6.96. The molecule has 0 radical (unpaired) electrons. The number of carbonyl (C=O) groups excluding carboxylic acids is 1. The average Bonchev–Trinajstić information content (AvgIpc) is 2.65. The van der Waals surface area contributed by atoms with Gasteiger partial charge in [0, 0.05) is 24.4 Å². The first-order valence-corrected chi connectivity index (χ1v) is 10.4. The molecule has 1 saturated heterocycles. The van der Waals surface area contributed by atoms with Crippen LogP contribution < -0.4 is 15.7 Å². The Morgan fingerprint density at radius 2 is 2.00 bits per heavy atom. The van der Waals surface area contributed by atoms with E-state index >= 15 is 0 Å². The van der Waals surface area contributed by atoms with Crippen molar-refractivity contribution in [2.75, 3.05) is 6.61 Å². The molecule has 3 unspecified atom stereocenters. The number of carbonyl (C=O) groups is 1. The molecule has 4 N–H and O–H groups in total. The Morgan fingerprint density at radius 1 is 1.29 bits per heavy atom. The summed E-state index contributed by atoms with van der Waals surface area (Å²) in [5.74, 6) is -0.464. The van der Waals surface area contributed by atoms with Gasteiger partial charge in [0.2, 0.25) is 12.2 Å². The molecule has 12 nitrogen and oxygen atoms in total. The van der Waals surface area contributed by atoms with Crippen LogP contribution in [0.5, 0.6) is 5.75 Å². The maximum absolute atomic E-state index is 11.6. The quantitative estimate of drug-likeness (QED) is 0.315. The largest absolute Gasteiger partial charge is 0.462 e. The van der Waals surface area contributed by atoms with Crippen molar-refractivity contribution in [2.45, 2.75) is 44.5 Å². The minimum Gasteiger partial charge on any atom is -0.462 e. The lowest BCUT2D eigenvalue weighted by molar-refractivity contribution is -0.239. The number of hydrogen-bond donors (Lipinski definition) is 4. The van der Waals surface area contributed by atoms with Gasteiger partial charge in [0.05, 0.1) is 6.61 Å². The maximum atomic E-state index is 11.6. The van der Waals surface area contributed by atoms with Crippen LogP contribution in [0, 0.1) is 6.92 Å². The van der Waals surface area contributed by atoms with Crippen LogP contribution in [0.25, 0.3) is 11.0 Å². The normalized spacial score (nSPS) is 26.5. The summed E-state index contributed by atoms with van der Waals surface area (Å²) >= 11 is 0. The molecule has 170 valence electrons. The van der Waals surface area contributed by atoms with Gasteiger partial charge in [-0.05, 0) is 24.6 Å². The number of benzene rings is 1. The van der Waals surface area contributed by atoms with Crippen molar-refractivity contribution in [3.8, 4) is 5.75 Å². The highest BCUT2D eigenvalue weighted by Gasteiger charge is 2.49. The number of ether oxygens (including phenoxy) is 2. The van der Waals surface area contributed by atoms with Crippen molar-refractivity contribution in [2.24, 2.45) is 0 Å². The number of amides is 1. The zero-order valence-electron chi connectivity index (χ0n) is 16.4. The first kappa shape index (κ1) is 23.1. The summed E-state index contributed by atoms with van der Waals surface area (Å²) in [6.07, 6.45) is -6.30. The Bertz CT molecular complexity index is 1130. The fraction of sp³-hybridized carbons (Fsp3) is 0.444. The van der Waals surface area contributed by atoms with Crippen molar-refractivity contribution in [1.29, 1.82) is 0 Å². The number of rotatable bonds is 6. The van der Waals surface area contributed by atoms with Crippen molar-refractivity contribution in [3.63, 3.8) is 0 Å². The van der Waals surface area contributed by atoms with Gasteiger partial charge in [0.1, 0.15) is 35.7 Å². The van der Waals surface area contributed by atoms with Crippen molar-refractivity contribution in [3.05, 3.63) is 40.2 Å². The van der Waals surface area contributed by atoms with E-state index in [2.05, 4.69) is 9.50 Å². The van der Waals surface area contributed by atoms with E-state index in [4.69, 9.17) is 18.4 Å². The predicted molar refractivity (Wildman–Crippen MR) is 104 cm³/mol. The zero-order valence-corrected chi connectivity index (χ0v) is 17.2. The van der Waals surface area contributed by atoms with Crippen LogP contribution in [0.2, 0.25) is 0 Å². The third kappa shape index (κ3) is 5.39. The molecule has 1 aliphatic rings. The minimum absolute atomic E-state index is 0.139. The van der Waals surface area contributed by atoms with Gasteiger partial charge in [-0.15, -0.1) is 0 Å². The Labute approximate surface area is 176 Å². The second-order valence-corrected chi connectivity index (χ2v) is 8.00. The average molecular weight is 459 g/mol. The molecule has 0 spiro atoms. The highest BCUT2D eigenvalue weighted by molar-refractivity contribution is 7.80. The van der Waals surface area contributed by atoms with E-state index in [0.717, 1.165) is 6.92 Å². The highest BCUT2D eigenvalue weighted by Crippen LogP contribution is 2.29. The standard InChI is InChI=1S/C18H21NO11S/c1-8-5-14(22)28-12-6-10(3-4-11(8)12)27-18-15(19-9(2)21)16(23)17(13(7-20)29-18)30-31(24,25)26/h3-6,13,15-18,20,23H,7H2,1-2H3,(H,19,21)(H,24,25,26)/t13?,15?,16?,17-,18+/m0/s1. The number of aliphatic hydroxyl groups is 2. The molecular formula is C18H21NO11S. The third-order valence-corrected chi connectivity index (χ3v) is 5.10. The second kappa shape index (κ2) is 8.90. The molecule has 13 heteroatoms. The molecule has 3 rings (SSSR count). The fourth-order valence-electron chi connectivity index (χ4n) is 3.33. The van der Waals surface area contributed by atoms with Gasteiger partial charge in [0.25, 0.3) is 0 Å². The highest BCUT2D eigenvalue weighted by atomic mass is 32.3. The molecular weight excluding hydrogens is 438 g/mol. The van der Waals surface area contributed by atoms with Crippen LogP contribution in [0.15, 0.2) is 33.5 Å². The van der Waals surface area contributed by atoms with Crippen molar-refractivity contribution >= 4 is 27.3 Å². The monoisotopic (exact) mass is 459 g/mol. The molecule has 0 saturated carbocycles. The van der Waals surface area contributed by atoms with E-state index in [1.165, 1.54) is 18.2 Å². The van der Waals surface area contributed by atoms with Crippen LogP contribution in [-0.4, -0.2) is 66.3 Å². The lowest BCUT2D eigenvalue weighted by atomic mass is 9.97. The molecule has 2 heterocycles. The van der Waals surface area contributed by atoms with Crippen LogP contribution >= 0.6 is 0 Å². The van der Waals surface area contributed by atoms with Crippen molar-refractivity contribution < 1.29 is 46.1 Å². The lowest BCUT2D eigenvalue weighted by Crippen LogP contribution is -2.66. The van der Waals surface area contributed by atoms with E-state index in [-0.39, 0.29) is 11.3 Å². The van der Waals surface area contributed by atoms with Gasteiger partial charge in [0.15, 0.2) is 0 Å². The molecule has 1 aliphatic heterocycles. The topological polar surface area (TPSA) is 182 Å². The summed E-state index contributed by atoms with van der Waals surface area (Å²) in [4.78, 5) is 23.2. The summed E-state index contributed by atoms with van der Waals surface area (Å²) in [5.41, 5.74) is 0.346. The molecule has 31 heavy (non-hydrogen) atoms. The molecule has 5 atom stereocenters. The molecule has 1 amide bonds. The number of nitrogens with one attached hydrogen (secondary N) is 1. The summed E-state index contributed by atoms with van der Waals surface area (Å²) in [6.45, 7) is 2.08. The van der Waals surface area contributed by atoms with Gasteiger partial charge in [-0.3, -0.25) is 9.35 Å². The van der Waals surface area contributed by atoms with E-state index in [1.807, 2.05) is 0 Å². The smallest absolute Gasteiger partial charge is 0.397 e. The Kier molecular flexibility index (Phi) is 6.64.